The number of nitrogens with one attached hydrogen (secondary N) is 1. The molecule has 0 aromatic carbocycles. The smallest absolute Gasteiger partial charge is 0.311 e. The van der Waals surface area contributed by atoms with Crippen LogP contribution in [-0.4, -0.2) is 42.8 Å². The molecule has 0 spiro atoms. The second-order valence-corrected chi connectivity index (χ2v) is 5.20. The topological polar surface area (TPSA) is 80.5 Å². The van der Waals surface area contributed by atoms with E-state index < -0.39 is 4.92 Å². The molecule has 21 heavy (non-hydrogen) atoms. The molecule has 0 aliphatic carbocycles. The molecule has 0 radical (unpaired) electrons. The Morgan fingerprint density at radius 1 is 1.52 bits per heavy atom. The van der Waals surface area contributed by atoms with E-state index in [1.807, 2.05) is 18.9 Å². The highest BCUT2D eigenvalue weighted by Gasteiger charge is 2.23. The fraction of sp³-hybridized carbons (Fsp3) is 0.643. The van der Waals surface area contributed by atoms with Crippen LogP contribution in [0.25, 0.3) is 0 Å². The summed E-state index contributed by atoms with van der Waals surface area (Å²) in [6.45, 7) is 4.07. The van der Waals surface area contributed by atoms with Gasteiger partial charge in [0.15, 0.2) is 0 Å². The third-order valence-electron chi connectivity index (χ3n) is 3.52. The van der Waals surface area contributed by atoms with Gasteiger partial charge in [-0.25, -0.2) is 4.98 Å². The van der Waals surface area contributed by atoms with Crippen molar-refractivity contribution in [2.45, 2.75) is 32.3 Å². The molecule has 116 valence electrons. The van der Waals surface area contributed by atoms with Crippen LogP contribution in [-0.2, 0) is 4.74 Å². The van der Waals surface area contributed by atoms with E-state index in [0.29, 0.717) is 18.2 Å². The average Bonchev–Trinajstić information content (AvgIpc) is 2.48. The average molecular weight is 294 g/mol. The molecule has 1 aromatic rings. The van der Waals surface area contributed by atoms with Gasteiger partial charge in [0, 0.05) is 32.8 Å². The zero-order chi connectivity index (χ0) is 15.2. The first-order chi connectivity index (χ1) is 10.1. The normalized spacial score (nSPS) is 18.3. The fourth-order valence-electron chi connectivity index (χ4n) is 2.49. The lowest BCUT2D eigenvalue weighted by atomic mass is 10.1. The number of hydrogen-bond acceptors (Lipinski definition) is 6. The Balaban J connectivity index is 2.17. The molecule has 1 aromatic heterocycles. The summed E-state index contributed by atoms with van der Waals surface area (Å²) in [6.07, 6.45) is 3.35. The largest absolute Gasteiger partial charge is 0.376 e. The quantitative estimate of drug-likeness (QED) is 0.641. The Hall–Kier alpha value is -1.89. The van der Waals surface area contributed by atoms with Crippen LogP contribution in [0.3, 0.4) is 0 Å². The van der Waals surface area contributed by atoms with Crippen LogP contribution in [0.4, 0.5) is 17.3 Å². The molecule has 1 atom stereocenters. The summed E-state index contributed by atoms with van der Waals surface area (Å²) < 4.78 is 5.69. The van der Waals surface area contributed by atoms with Crippen molar-refractivity contribution in [2.75, 3.05) is 37.0 Å². The number of ether oxygens (including phenoxy) is 1. The summed E-state index contributed by atoms with van der Waals surface area (Å²) in [7, 11) is 1.82. The van der Waals surface area contributed by atoms with E-state index in [9.17, 15) is 10.1 Å². The Bertz CT molecular complexity index is 489. The predicted molar refractivity (Wildman–Crippen MR) is 81.9 cm³/mol. The molecule has 1 aliphatic heterocycles. The van der Waals surface area contributed by atoms with Gasteiger partial charge in [-0.3, -0.25) is 10.1 Å². The number of likely N-dealkylation sites (N-methyl/N-ethyl adjacent to an activating group) is 1. The van der Waals surface area contributed by atoms with E-state index in [1.165, 1.54) is 6.07 Å². The van der Waals surface area contributed by atoms with Gasteiger partial charge in [0.2, 0.25) is 5.82 Å². The van der Waals surface area contributed by atoms with E-state index in [-0.39, 0.29) is 11.8 Å². The molecule has 1 saturated heterocycles. The van der Waals surface area contributed by atoms with Crippen molar-refractivity contribution in [2.24, 2.45) is 0 Å². The summed E-state index contributed by atoms with van der Waals surface area (Å²) in [5.74, 6) is 1.03. The van der Waals surface area contributed by atoms with Gasteiger partial charge in [-0.2, -0.15) is 0 Å². The molecule has 0 amide bonds. The Morgan fingerprint density at radius 3 is 2.95 bits per heavy atom. The van der Waals surface area contributed by atoms with Crippen LogP contribution in [0.5, 0.6) is 0 Å². The Kier molecular flexibility index (Phi) is 5.32. The zero-order valence-electron chi connectivity index (χ0n) is 12.5. The standard InChI is InChI=1S/C14H22N4O3/c1-3-15-13-8-7-12(18(19)20)14(16-13)17(2)10-11-6-4-5-9-21-11/h7-8,11H,3-6,9-10H2,1-2H3,(H,15,16). The molecule has 1 fully saturated rings. The van der Waals surface area contributed by atoms with E-state index in [1.54, 1.807) is 6.07 Å². The van der Waals surface area contributed by atoms with Gasteiger partial charge in [-0.15, -0.1) is 0 Å². The van der Waals surface area contributed by atoms with E-state index in [4.69, 9.17) is 4.74 Å². The second kappa shape index (κ2) is 7.21. The first-order valence-corrected chi connectivity index (χ1v) is 7.34. The lowest BCUT2D eigenvalue weighted by Crippen LogP contribution is -2.34. The van der Waals surface area contributed by atoms with E-state index in [2.05, 4.69) is 10.3 Å². The van der Waals surface area contributed by atoms with Gasteiger partial charge in [-0.05, 0) is 32.3 Å². The third kappa shape index (κ3) is 4.04. The number of hydrogen-bond donors (Lipinski definition) is 1. The van der Waals surface area contributed by atoms with Crippen molar-refractivity contribution >= 4 is 17.3 Å². The van der Waals surface area contributed by atoms with Gasteiger partial charge in [0.05, 0.1) is 11.0 Å². The summed E-state index contributed by atoms with van der Waals surface area (Å²) in [6, 6.07) is 3.13. The molecular formula is C14H22N4O3. The summed E-state index contributed by atoms with van der Waals surface area (Å²) in [4.78, 5) is 17.0. The molecular weight excluding hydrogens is 272 g/mol. The molecule has 1 aliphatic rings. The molecule has 1 N–H and O–H groups in total. The predicted octanol–water partition coefficient (Wildman–Crippen LogP) is 2.43. The fourth-order valence-corrected chi connectivity index (χ4v) is 2.49. The molecule has 2 rings (SSSR count). The minimum Gasteiger partial charge on any atom is -0.376 e. The number of aromatic nitrogens is 1. The van der Waals surface area contributed by atoms with Crippen molar-refractivity contribution in [3.63, 3.8) is 0 Å². The van der Waals surface area contributed by atoms with Crippen LogP contribution in [0.15, 0.2) is 12.1 Å². The minimum absolute atomic E-state index is 0.0231. The Labute approximate surface area is 124 Å². The van der Waals surface area contributed by atoms with Gasteiger partial charge in [-0.1, -0.05) is 0 Å². The SMILES string of the molecule is CCNc1ccc([N+](=O)[O-])c(N(C)CC2CCCCO2)n1. The number of anilines is 2. The van der Waals surface area contributed by atoms with E-state index in [0.717, 1.165) is 32.4 Å². The lowest BCUT2D eigenvalue weighted by molar-refractivity contribution is -0.384. The zero-order valence-corrected chi connectivity index (χ0v) is 12.5. The molecule has 0 bridgehead atoms. The van der Waals surface area contributed by atoms with Gasteiger partial charge in [0.1, 0.15) is 5.82 Å². The van der Waals surface area contributed by atoms with Gasteiger partial charge < -0.3 is 15.0 Å². The van der Waals surface area contributed by atoms with Crippen LogP contribution < -0.4 is 10.2 Å². The monoisotopic (exact) mass is 294 g/mol. The van der Waals surface area contributed by atoms with Crippen molar-refractivity contribution in [1.82, 2.24) is 4.98 Å². The number of nitrogens with zero attached hydrogens (tertiary/aromatic N) is 3. The second-order valence-electron chi connectivity index (χ2n) is 5.20. The van der Waals surface area contributed by atoms with E-state index >= 15 is 0 Å². The lowest BCUT2D eigenvalue weighted by Gasteiger charge is -2.28. The summed E-state index contributed by atoms with van der Waals surface area (Å²) >= 11 is 0. The number of rotatable bonds is 6. The van der Waals surface area contributed by atoms with Crippen LogP contribution in [0, 0.1) is 10.1 Å². The van der Waals surface area contributed by atoms with Crippen LogP contribution in [0.1, 0.15) is 26.2 Å². The van der Waals surface area contributed by atoms with Crippen LogP contribution >= 0.6 is 0 Å². The maximum atomic E-state index is 11.2. The van der Waals surface area contributed by atoms with Crippen molar-refractivity contribution in [3.05, 3.63) is 22.2 Å². The first kappa shape index (κ1) is 15.5. The van der Waals surface area contributed by atoms with Gasteiger partial charge >= 0.3 is 5.69 Å². The highest BCUT2D eigenvalue weighted by molar-refractivity contribution is 5.61. The summed E-state index contributed by atoms with van der Waals surface area (Å²) in [5.41, 5.74) is 0.0231. The minimum atomic E-state index is -0.393. The maximum Gasteiger partial charge on any atom is 0.311 e. The molecule has 7 nitrogen and oxygen atoms in total. The molecule has 0 saturated carbocycles. The number of nitro groups is 1. The molecule has 7 heteroatoms. The van der Waals surface area contributed by atoms with Crippen molar-refractivity contribution in [3.8, 4) is 0 Å². The van der Waals surface area contributed by atoms with Crippen LogP contribution in [0.2, 0.25) is 0 Å². The molecule has 2 heterocycles. The highest BCUT2D eigenvalue weighted by atomic mass is 16.6. The van der Waals surface area contributed by atoms with Crippen molar-refractivity contribution < 1.29 is 9.66 Å². The number of pyridine rings is 1. The highest BCUT2D eigenvalue weighted by Crippen LogP contribution is 2.28. The Morgan fingerprint density at radius 2 is 2.33 bits per heavy atom. The molecule has 1 unspecified atom stereocenters. The third-order valence-corrected chi connectivity index (χ3v) is 3.52. The van der Waals surface area contributed by atoms with Gasteiger partial charge in [0.25, 0.3) is 0 Å². The maximum absolute atomic E-state index is 11.2. The first-order valence-electron chi connectivity index (χ1n) is 7.34. The summed E-state index contributed by atoms with van der Waals surface area (Å²) in [5, 5.41) is 14.3. The van der Waals surface area contributed by atoms with Crippen molar-refractivity contribution in [1.29, 1.82) is 0 Å².